The van der Waals surface area contributed by atoms with Gasteiger partial charge in [-0.1, -0.05) is 0 Å². The Balaban J connectivity index is 1.79. The molecule has 0 fully saturated rings. The van der Waals surface area contributed by atoms with Crippen molar-refractivity contribution in [2.24, 2.45) is 0 Å². The summed E-state index contributed by atoms with van der Waals surface area (Å²) >= 11 is 0. The van der Waals surface area contributed by atoms with Crippen LogP contribution in [0.4, 0.5) is 11.5 Å². The molecule has 0 spiro atoms. The van der Waals surface area contributed by atoms with Crippen molar-refractivity contribution in [1.82, 2.24) is 9.97 Å². The van der Waals surface area contributed by atoms with Crippen LogP contribution in [0.1, 0.15) is 11.5 Å². The van der Waals surface area contributed by atoms with Gasteiger partial charge < -0.3 is 15.8 Å². The highest BCUT2D eigenvalue weighted by atomic mass is 16.5. The van der Waals surface area contributed by atoms with Crippen LogP contribution in [0.2, 0.25) is 0 Å². The van der Waals surface area contributed by atoms with Gasteiger partial charge >= 0.3 is 0 Å². The molecule has 0 unspecified atom stereocenters. The fraction of sp³-hybridized carbons (Fsp3) is 0.286. The van der Waals surface area contributed by atoms with E-state index in [2.05, 4.69) is 15.3 Å². The highest BCUT2D eigenvalue weighted by Gasteiger charge is 1.98. The summed E-state index contributed by atoms with van der Waals surface area (Å²) < 4.78 is 5.58. The van der Waals surface area contributed by atoms with E-state index in [4.69, 9.17) is 10.5 Å². The topological polar surface area (TPSA) is 73.1 Å². The zero-order valence-electron chi connectivity index (χ0n) is 11.2. The Labute approximate surface area is 112 Å². The molecule has 19 heavy (non-hydrogen) atoms. The van der Waals surface area contributed by atoms with Gasteiger partial charge in [-0.15, -0.1) is 0 Å². The Hall–Kier alpha value is -2.30. The molecule has 5 nitrogen and oxygen atoms in total. The largest absolute Gasteiger partial charge is 0.492 e. The first-order valence-electron chi connectivity index (χ1n) is 6.18. The number of ether oxygens (including phenoxy) is 1. The molecule has 2 aromatic rings. The predicted molar refractivity (Wildman–Crippen MR) is 76.3 cm³/mol. The summed E-state index contributed by atoms with van der Waals surface area (Å²) in [6, 6.07) is 9.26. The summed E-state index contributed by atoms with van der Waals surface area (Å²) in [7, 11) is 0. The first kappa shape index (κ1) is 13.1. The van der Waals surface area contributed by atoms with Gasteiger partial charge in [0.1, 0.15) is 24.0 Å². The Morgan fingerprint density at radius 3 is 2.58 bits per heavy atom. The maximum absolute atomic E-state index is 5.60. The number of nitrogen functional groups attached to an aromatic ring is 1. The van der Waals surface area contributed by atoms with Crippen LogP contribution >= 0.6 is 0 Å². The van der Waals surface area contributed by atoms with Crippen LogP contribution in [-0.4, -0.2) is 23.1 Å². The zero-order valence-corrected chi connectivity index (χ0v) is 11.2. The molecule has 0 aliphatic heterocycles. The predicted octanol–water partition coefficient (Wildman–Crippen LogP) is 2.17. The highest BCUT2D eigenvalue weighted by molar-refractivity contribution is 5.41. The number of aryl methyl sites for hydroxylation is 2. The van der Waals surface area contributed by atoms with E-state index in [1.54, 1.807) is 0 Å². The molecular formula is C14H18N4O. The molecule has 0 radical (unpaired) electrons. The molecule has 1 aromatic carbocycles. The van der Waals surface area contributed by atoms with Gasteiger partial charge in [-0.3, -0.25) is 0 Å². The molecular weight excluding hydrogens is 240 g/mol. The summed E-state index contributed by atoms with van der Waals surface area (Å²) in [5.74, 6) is 2.40. The lowest BCUT2D eigenvalue weighted by Crippen LogP contribution is -2.13. The average molecular weight is 258 g/mol. The lowest BCUT2D eigenvalue weighted by atomic mass is 10.3. The van der Waals surface area contributed by atoms with E-state index in [9.17, 15) is 0 Å². The summed E-state index contributed by atoms with van der Waals surface area (Å²) in [6.07, 6.45) is 0. The van der Waals surface area contributed by atoms with Gasteiger partial charge in [-0.05, 0) is 38.1 Å². The number of nitrogens with one attached hydrogen (secondary N) is 1. The minimum atomic E-state index is 0.562. The van der Waals surface area contributed by atoms with Gasteiger partial charge in [0.05, 0.1) is 6.54 Å². The standard InChI is InChI=1S/C14H18N4O/c1-10-9-14(18-11(2)17-10)16-7-8-19-13-5-3-12(15)4-6-13/h3-6,9H,7-8,15H2,1-2H3,(H,16,17,18). The second-order valence-corrected chi connectivity index (χ2v) is 4.29. The Morgan fingerprint density at radius 2 is 1.89 bits per heavy atom. The molecule has 0 aliphatic carbocycles. The van der Waals surface area contributed by atoms with Crippen LogP contribution in [-0.2, 0) is 0 Å². The monoisotopic (exact) mass is 258 g/mol. The Bertz CT molecular complexity index is 519. The van der Waals surface area contributed by atoms with Crippen molar-refractivity contribution in [1.29, 1.82) is 0 Å². The minimum Gasteiger partial charge on any atom is -0.492 e. The lowest BCUT2D eigenvalue weighted by Gasteiger charge is -2.09. The fourth-order valence-corrected chi connectivity index (χ4v) is 1.72. The number of nitrogens with two attached hydrogens (primary N) is 1. The molecule has 100 valence electrons. The first-order valence-corrected chi connectivity index (χ1v) is 6.18. The van der Waals surface area contributed by atoms with Gasteiger partial charge in [-0.2, -0.15) is 0 Å². The second kappa shape index (κ2) is 6.04. The lowest BCUT2D eigenvalue weighted by molar-refractivity contribution is 0.333. The van der Waals surface area contributed by atoms with Crippen LogP contribution in [0.15, 0.2) is 30.3 Å². The molecule has 5 heteroatoms. The summed E-state index contributed by atoms with van der Waals surface area (Å²) in [6.45, 7) is 5.07. The molecule has 0 saturated carbocycles. The third kappa shape index (κ3) is 4.13. The first-order chi connectivity index (χ1) is 9.13. The third-order valence-corrected chi connectivity index (χ3v) is 2.52. The van der Waals surface area contributed by atoms with E-state index >= 15 is 0 Å². The molecule has 0 bridgehead atoms. The van der Waals surface area contributed by atoms with Crippen molar-refractivity contribution in [2.45, 2.75) is 13.8 Å². The molecule has 0 atom stereocenters. The van der Waals surface area contributed by atoms with Gasteiger partial charge in [0, 0.05) is 17.4 Å². The molecule has 0 aliphatic rings. The van der Waals surface area contributed by atoms with Crippen molar-refractivity contribution in [2.75, 3.05) is 24.2 Å². The molecule has 2 rings (SSSR count). The van der Waals surface area contributed by atoms with E-state index in [1.165, 1.54) is 0 Å². The van der Waals surface area contributed by atoms with Gasteiger partial charge in [0.25, 0.3) is 0 Å². The number of hydrogen-bond donors (Lipinski definition) is 2. The normalized spacial score (nSPS) is 10.2. The minimum absolute atomic E-state index is 0.562. The SMILES string of the molecule is Cc1cc(NCCOc2ccc(N)cc2)nc(C)n1. The van der Waals surface area contributed by atoms with Crippen molar-refractivity contribution < 1.29 is 4.74 Å². The van der Waals surface area contributed by atoms with Crippen LogP contribution in [0.3, 0.4) is 0 Å². The Morgan fingerprint density at radius 1 is 1.16 bits per heavy atom. The van der Waals surface area contributed by atoms with Crippen LogP contribution in [0, 0.1) is 13.8 Å². The van der Waals surface area contributed by atoms with E-state index in [-0.39, 0.29) is 0 Å². The van der Waals surface area contributed by atoms with Gasteiger partial charge in [0.15, 0.2) is 0 Å². The average Bonchev–Trinajstić information content (AvgIpc) is 2.36. The molecule has 0 saturated heterocycles. The van der Waals surface area contributed by atoms with Crippen molar-refractivity contribution in [3.8, 4) is 5.75 Å². The summed E-state index contributed by atoms with van der Waals surface area (Å²) in [5, 5.41) is 3.21. The molecule has 0 amide bonds. The van der Waals surface area contributed by atoms with Gasteiger partial charge in [0.2, 0.25) is 0 Å². The smallest absolute Gasteiger partial charge is 0.130 e. The van der Waals surface area contributed by atoms with Crippen molar-refractivity contribution >= 4 is 11.5 Å². The van der Waals surface area contributed by atoms with Crippen LogP contribution in [0.25, 0.3) is 0 Å². The van der Waals surface area contributed by atoms with E-state index in [0.29, 0.717) is 13.2 Å². The highest BCUT2D eigenvalue weighted by Crippen LogP contribution is 2.12. The van der Waals surface area contributed by atoms with Crippen molar-refractivity contribution in [3.63, 3.8) is 0 Å². The van der Waals surface area contributed by atoms with E-state index in [0.717, 1.165) is 28.8 Å². The summed E-state index contributed by atoms with van der Waals surface area (Å²) in [4.78, 5) is 8.52. The number of benzene rings is 1. The maximum atomic E-state index is 5.60. The molecule has 1 heterocycles. The van der Waals surface area contributed by atoms with E-state index in [1.807, 2.05) is 44.2 Å². The van der Waals surface area contributed by atoms with Crippen molar-refractivity contribution in [3.05, 3.63) is 41.9 Å². The third-order valence-electron chi connectivity index (χ3n) is 2.52. The second-order valence-electron chi connectivity index (χ2n) is 4.29. The van der Waals surface area contributed by atoms with Crippen LogP contribution < -0.4 is 15.8 Å². The molecule has 1 aromatic heterocycles. The number of anilines is 2. The maximum Gasteiger partial charge on any atom is 0.130 e. The number of hydrogen-bond acceptors (Lipinski definition) is 5. The Kier molecular flexibility index (Phi) is 4.18. The quantitative estimate of drug-likeness (QED) is 0.635. The zero-order chi connectivity index (χ0) is 13.7. The number of aromatic nitrogens is 2. The van der Waals surface area contributed by atoms with E-state index < -0.39 is 0 Å². The fourth-order valence-electron chi connectivity index (χ4n) is 1.72. The summed E-state index contributed by atoms with van der Waals surface area (Å²) in [5.41, 5.74) is 7.29. The van der Waals surface area contributed by atoms with Crippen LogP contribution in [0.5, 0.6) is 5.75 Å². The number of rotatable bonds is 5. The van der Waals surface area contributed by atoms with Gasteiger partial charge in [-0.25, -0.2) is 9.97 Å². The molecule has 3 N–H and O–H groups in total. The number of nitrogens with zero attached hydrogens (tertiary/aromatic N) is 2.